The van der Waals surface area contributed by atoms with E-state index in [-0.39, 0.29) is 5.95 Å². The second-order valence-electron chi connectivity index (χ2n) is 4.53. The lowest BCUT2D eigenvalue weighted by Crippen LogP contribution is -2.08. The number of allylic oxidation sites excluding steroid dienone is 2. The van der Waals surface area contributed by atoms with Crippen molar-refractivity contribution in [3.05, 3.63) is 29.2 Å². The molecule has 6 nitrogen and oxygen atoms in total. The van der Waals surface area contributed by atoms with E-state index in [4.69, 9.17) is 5.11 Å². The molecule has 1 atom stereocenters. The number of imidazole rings is 1. The third-order valence-corrected chi connectivity index (χ3v) is 4.66. The largest absolute Gasteiger partial charge is 0.607 e. The normalized spacial score (nSPS) is 16.1. The van der Waals surface area contributed by atoms with Gasteiger partial charge >= 0.3 is 6.09 Å². The number of rotatable bonds is 3. The number of carbonyl (C=O) groups is 1. The number of aromatic nitrogens is 2. The molecule has 0 aliphatic heterocycles. The third kappa shape index (κ3) is 2.50. The average Bonchev–Trinajstić information content (AvgIpc) is 3.04. The lowest BCUT2D eigenvalue weighted by molar-refractivity contribution is 0.209. The van der Waals surface area contributed by atoms with Gasteiger partial charge in [0.25, 0.3) is 0 Å². The first-order valence-corrected chi connectivity index (χ1v) is 7.39. The Balaban J connectivity index is 1.91. The number of benzene rings is 1. The molecule has 0 saturated carbocycles. The van der Waals surface area contributed by atoms with E-state index in [9.17, 15) is 9.35 Å². The third-order valence-electron chi connectivity index (χ3n) is 3.13. The highest BCUT2D eigenvalue weighted by molar-refractivity contribution is 7.95. The molecule has 1 aromatic carbocycles. The summed E-state index contributed by atoms with van der Waals surface area (Å²) in [6.07, 6.45) is 3.76. The fraction of sp³-hybridized carbons (Fsp3) is 0.231. The molecule has 104 valence electrons. The maximum absolute atomic E-state index is 12.4. The summed E-state index contributed by atoms with van der Waals surface area (Å²) in [6, 6.07) is 5.27. The predicted molar refractivity (Wildman–Crippen MR) is 76.1 cm³/mol. The molecule has 20 heavy (non-hydrogen) atoms. The molecule has 0 bridgehead atoms. The van der Waals surface area contributed by atoms with Crippen molar-refractivity contribution in [2.75, 3.05) is 5.32 Å². The van der Waals surface area contributed by atoms with Gasteiger partial charge in [0.2, 0.25) is 5.95 Å². The van der Waals surface area contributed by atoms with Crippen molar-refractivity contribution in [3.63, 3.8) is 0 Å². The van der Waals surface area contributed by atoms with E-state index in [2.05, 4.69) is 15.3 Å². The highest BCUT2D eigenvalue weighted by Gasteiger charge is 2.21. The van der Waals surface area contributed by atoms with E-state index in [1.807, 2.05) is 6.08 Å². The molecule has 0 radical (unpaired) electrons. The Morgan fingerprint density at radius 1 is 1.50 bits per heavy atom. The first-order valence-electron chi connectivity index (χ1n) is 6.24. The zero-order valence-electron chi connectivity index (χ0n) is 10.5. The highest BCUT2D eigenvalue weighted by atomic mass is 32.2. The van der Waals surface area contributed by atoms with Crippen LogP contribution >= 0.6 is 0 Å². The van der Waals surface area contributed by atoms with Gasteiger partial charge in [-0.05, 0) is 31.1 Å². The van der Waals surface area contributed by atoms with Crippen LogP contribution in [0.1, 0.15) is 19.3 Å². The zero-order valence-corrected chi connectivity index (χ0v) is 11.4. The van der Waals surface area contributed by atoms with E-state index in [0.717, 1.165) is 24.2 Å². The first kappa shape index (κ1) is 13.0. The van der Waals surface area contributed by atoms with Gasteiger partial charge in [0, 0.05) is 23.7 Å². The Labute approximate surface area is 118 Å². The van der Waals surface area contributed by atoms with Crippen LogP contribution in [0.4, 0.5) is 10.7 Å². The summed E-state index contributed by atoms with van der Waals surface area (Å²) in [5, 5.41) is 10.8. The van der Waals surface area contributed by atoms with Crippen molar-refractivity contribution in [2.45, 2.75) is 24.2 Å². The Bertz CT molecular complexity index is 695. The quantitative estimate of drug-likeness (QED) is 0.757. The fourth-order valence-electron chi connectivity index (χ4n) is 2.22. The Morgan fingerprint density at radius 3 is 3.05 bits per heavy atom. The van der Waals surface area contributed by atoms with Crippen LogP contribution in [-0.2, 0) is 11.2 Å². The Kier molecular flexibility index (Phi) is 3.37. The molecule has 1 aliphatic carbocycles. The predicted octanol–water partition coefficient (Wildman–Crippen LogP) is 2.83. The molecule has 1 aliphatic rings. The summed E-state index contributed by atoms with van der Waals surface area (Å²) in [4.78, 5) is 19.2. The second-order valence-corrected chi connectivity index (χ2v) is 6.06. The van der Waals surface area contributed by atoms with Gasteiger partial charge in [-0.2, -0.15) is 0 Å². The van der Waals surface area contributed by atoms with Crippen LogP contribution in [-0.4, -0.2) is 25.7 Å². The maximum atomic E-state index is 12.4. The summed E-state index contributed by atoms with van der Waals surface area (Å²) in [5.74, 6) is 0.163. The van der Waals surface area contributed by atoms with Crippen molar-refractivity contribution in [1.29, 1.82) is 0 Å². The standard InChI is InChI=1S/C13H13N3O3S/c17-13(18)16-12-14-10-6-5-9(7-11(10)15-12)20(19)8-3-1-2-4-8/h3,5-7H,1-2,4H2,(H,17,18)(H2,14,15,16). The number of nitrogens with zero attached hydrogens (tertiary/aromatic N) is 1. The van der Waals surface area contributed by atoms with Crippen LogP contribution in [0.5, 0.6) is 0 Å². The molecular formula is C13H13N3O3S. The van der Waals surface area contributed by atoms with Gasteiger partial charge in [0.1, 0.15) is 4.91 Å². The Morgan fingerprint density at radius 2 is 2.35 bits per heavy atom. The number of hydrogen-bond donors (Lipinski definition) is 3. The minimum atomic E-state index is -1.18. The van der Waals surface area contributed by atoms with Gasteiger partial charge < -0.3 is 14.6 Å². The molecule has 2 aromatic rings. The van der Waals surface area contributed by atoms with Crippen molar-refractivity contribution >= 4 is 34.3 Å². The van der Waals surface area contributed by atoms with E-state index < -0.39 is 17.3 Å². The van der Waals surface area contributed by atoms with E-state index in [1.165, 1.54) is 0 Å². The smallest absolute Gasteiger partial charge is 0.411 e. The summed E-state index contributed by atoms with van der Waals surface area (Å²) in [6.45, 7) is 0. The molecular weight excluding hydrogens is 278 g/mol. The van der Waals surface area contributed by atoms with Gasteiger partial charge in [-0.15, -0.1) is 0 Å². The lowest BCUT2D eigenvalue weighted by Gasteiger charge is -2.10. The summed E-state index contributed by atoms with van der Waals surface area (Å²) in [7, 11) is 0. The highest BCUT2D eigenvalue weighted by Crippen LogP contribution is 2.30. The van der Waals surface area contributed by atoms with Crippen molar-refractivity contribution < 1.29 is 14.5 Å². The van der Waals surface area contributed by atoms with Crippen molar-refractivity contribution in [3.8, 4) is 0 Å². The molecule has 0 spiro atoms. The molecule has 0 saturated heterocycles. The molecule has 1 unspecified atom stereocenters. The number of fused-ring (bicyclic) bond motifs is 1. The first-order chi connectivity index (χ1) is 9.63. The maximum Gasteiger partial charge on any atom is 0.411 e. The lowest BCUT2D eigenvalue weighted by atomic mass is 10.3. The van der Waals surface area contributed by atoms with Crippen molar-refractivity contribution in [2.24, 2.45) is 0 Å². The molecule has 1 heterocycles. The van der Waals surface area contributed by atoms with Crippen LogP contribution < -0.4 is 5.32 Å². The van der Waals surface area contributed by atoms with Crippen LogP contribution in [0.25, 0.3) is 11.0 Å². The van der Waals surface area contributed by atoms with Gasteiger partial charge in [-0.3, -0.25) is 5.32 Å². The molecule has 3 rings (SSSR count). The molecule has 1 aromatic heterocycles. The van der Waals surface area contributed by atoms with Crippen molar-refractivity contribution in [1.82, 2.24) is 9.97 Å². The summed E-state index contributed by atoms with van der Waals surface area (Å²) >= 11 is -1.15. The van der Waals surface area contributed by atoms with Gasteiger partial charge in [-0.1, -0.05) is 0 Å². The summed E-state index contributed by atoms with van der Waals surface area (Å²) < 4.78 is 12.4. The number of nitrogens with one attached hydrogen (secondary N) is 2. The number of H-pyrrole nitrogens is 1. The molecule has 1 amide bonds. The number of anilines is 1. The SMILES string of the molecule is O=C(O)Nc1nc2cc([S+]([O-])C3=CCCC3)ccc2[nH]1. The minimum absolute atomic E-state index is 0.163. The zero-order chi connectivity index (χ0) is 14.1. The fourth-order valence-corrected chi connectivity index (χ4v) is 3.53. The van der Waals surface area contributed by atoms with Crippen LogP contribution in [0.2, 0.25) is 0 Å². The number of aromatic amines is 1. The summed E-state index contributed by atoms with van der Waals surface area (Å²) in [5.41, 5.74) is 1.30. The van der Waals surface area contributed by atoms with Crippen LogP contribution in [0.3, 0.4) is 0 Å². The van der Waals surface area contributed by atoms with Crippen LogP contribution in [0, 0.1) is 0 Å². The van der Waals surface area contributed by atoms with Gasteiger partial charge in [0.05, 0.1) is 11.0 Å². The monoisotopic (exact) mass is 291 g/mol. The average molecular weight is 291 g/mol. The van der Waals surface area contributed by atoms with E-state index in [1.54, 1.807) is 18.2 Å². The van der Waals surface area contributed by atoms with Gasteiger partial charge in [0.15, 0.2) is 4.90 Å². The molecule has 0 fully saturated rings. The number of amides is 1. The minimum Gasteiger partial charge on any atom is -0.607 e. The van der Waals surface area contributed by atoms with Gasteiger partial charge in [-0.25, -0.2) is 9.78 Å². The topological polar surface area (TPSA) is 101 Å². The molecule has 3 N–H and O–H groups in total. The second kappa shape index (κ2) is 5.18. The number of carboxylic acid groups (broad SMARTS) is 1. The Hall–Kier alpha value is -1.99. The molecule has 7 heteroatoms. The van der Waals surface area contributed by atoms with E-state index >= 15 is 0 Å². The van der Waals surface area contributed by atoms with E-state index in [0.29, 0.717) is 15.9 Å². The number of hydrogen-bond acceptors (Lipinski definition) is 3. The van der Waals surface area contributed by atoms with Crippen LogP contribution in [0.15, 0.2) is 34.1 Å².